The molecular weight excluding hydrogens is 2020 g/mol. The number of hydrogen-bond donors (Lipinski definition) is 0. The molecule has 6 aromatic carbocycles. The van der Waals surface area contributed by atoms with E-state index in [1.54, 1.807) is 96.4 Å². The first-order valence-electron chi connectivity index (χ1n) is 48.2. The second-order valence-corrected chi connectivity index (χ2v) is 42.0. The van der Waals surface area contributed by atoms with Crippen molar-refractivity contribution < 1.29 is 125 Å². The van der Waals surface area contributed by atoms with Crippen LogP contribution in [0.25, 0.3) is 0 Å². The molecule has 5 saturated heterocycles. The summed E-state index contributed by atoms with van der Waals surface area (Å²) in [5, 5.41) is 0. The Morgan fingerprint density at radius 2 is 0.503 bits per heavy atom. The van der Waals surface area contributed by atoms with Gasteiger partial charge in [-0.25, -0.2) is 42.1 Å². The molecule has 5 unspecified atom stereocenters. The molecular formula is C103H172N10O28S6-2. The zero-order chi connectivity index (χ0) is 114. The van der Waals surface area contributed by atoms with Crippen LogP contribution in [0.3, 0.4) is 0 Å². The van der Waals surface area contributed by atoms with Crippen molar-refractivity contribution in [1.82, 2.24) is 34.3 Å². The van der Waals surface area contributed by atoms with E-state index in [1.807, 2.05) is 151 Å². The van der Waals surface area contributed by atoms with Crippen molar-refractivity contribution in [1.29, 1.82) is 0 Å². The van der Waals surface area contributed by atoms with Crippen LogP contribution in [0, 0.1) is 60.8 Å². The fraction of sp³-hybridized carbons (Fsp3) is 0.573. The predicted octanol–water partition coefficient (Wildman–Crippen LogP) is 14.8. The van der Waals surface area contributed by atoms with Crippen molar-refractivity contribution in [3.63, 3.8) is 0 Å². The van der Waals surface area contributed by atoms with Gasteiger partial charge in [-0.3, -0.25) is 53.2 Å². The molecule has 8 aliphatic rings. The van der Waals surface area contributed by atoms with Crippen LogP contribution in [0.2, 0.25) is 0 Å². The van der Waals surface area contributed by atoms with E-state index in [4.69, 9.17) is 37.9 Å². The number of amides is 2. The maximum atomic E-state index is 11.1. The Morgan fingerprint density at radius 3 is 0.605 bits per heavy atom. The first-order chi connectivity index (χ1) is 68.4. The van der Waals surface area contributed by atoms with Gasteiger partial charge in [-0.2, -0.15) is 8.42 Å². The van der Waals surface area contributed by atoms with E-state index in [0.29, 0.717) is 18.7 Å². The normalized spacial score (nSPS) is 17.2. The van der Waals surface area contributed by atoms with Crippen LogP contribution in [0.4, 0.5) is 0 Å². The monoisotopic (exact) mass is 2190 g/mol. The highest BCUT2D eigenvalue weighted by atomic mass is 32.2. The number of likely N-dealkylation sites (N-methyl/N-ethyl adjacent to an activating group) is 5. The Balaban J connectivity index is -0.000000490. The summed E-state index contributed by atoms with van der Waals surface area (Å²) in [6.45, 7) is 68.4. The van der Waals surface area contributed by atoms with E-state index in [-0.39, 0.29) is 53.6 Å². The maximum Gasteiger partial charge on any atom is 0.296 e. The molecule has 6 aromatic rings. The van der Waals surface area contributed by atoms with E-state index >= 15 is 0 Å². The lowest BCUT2D eigenvalue weighted by molar-refractivity contribution is -0.128. The zero-order valence-corrected chi connectivity index (χ0v) is 97.8. The highest BCUT2D eigenvalue weighted by Crippen LogP contribution is 2.17. The molecule has 44 heteroatoms. The number of benzene rings is 6. The number of carbonyl (C=O) groups excluding carboxylic acids is 2. The zero-order valence-electron chi connectivity index (χ0n) is 92.9. The summed E-state index contributed by atoms with van der Waals surface area (Å²) in [6, 6.07) is 35.4. The number of nitrogens with zero attached hydrogens (tertiary/aromatic N) is 10. The summed E-state index contributed by atoms with van der Waals surface area (Å²) in [5.41, 5.74) is 5.66. The molecule has 840 valence electrons. The van der Waals surface area contributed by atoms with Crippen LogP contribution in [0.1, 0.15) is 185 Å². The quantitative estimate of drug-likeness (QED) is 0.0588. The van der Waals surface area contributed by atoms with Crippen molar-refractivity contribution in [3.8, 4) is 0 Å². The van der Waals surface area contributed by atoms with Crippen molar-refractivity contribution in [2.75, 3.05) is 174 Å². The second kappa shape index (κ2) is 83.0. The van der Waals surface area contributed by atoms with Gasteiger partial charge in [0.15, 0.2) is 17.7 Å². The third kappa shape index (κ3) is 78.2. The van der Waals surface area contributed by atoms with Crippen LogP contribution >= 0.6 is 0 Å². The standard InChI is InChI=1S/2C9H18N2O2.C8H10O3S.5C7H8O3S.3C5H11NO.3C4H7NO.2C3H8.3C3H7/c2*1-8(12)10(3)4-5-11-6-7-13-9(11)2;1-7-3-5-8(6-4-7)12(9,10)11-2;5*1-6-2-4-7(5-3-6)11(8,9)10;3*1-5-6(2)3-4-7-5;3*1-4-5-2-3-6-4;5*1-3-2/h2*9H,4-7H2,1-3H3;3-6H,1-2H3;5*2-5H,1H3,(H,8,9,10);3*5H,3-4H2,1-2H3;3*2-3H2,1H3;2*3H2,1-2H3;3*3H,1-2H3/q;;;;;;;;;;;;;;;;3*+1/p-5. The second-order valence-electron chi connectivity index (χ2n) is 33.4. The molecule has 0 radical (unpaired) electrons. The molecule has 147 heavy (non-hydrogen) atoms. The van der Waals surface area contributed by atoms with Gasteiger partial charge in [-0.15, -0.1) is 0 Å². The van der Waals surface area contributed by atoms with Crippen LogP contribution in [0.15, 0.2) is 190 Å². The van der Waals surface area contributed by atoms with Gasteiger partial charge in [-0.1, -0.05) is 147 Å². The van der Waals surface area contributed by atoms with Crippen molar-refractivity contribution in [2.45, 2.75) is 253 Å². The van der Waals surface area contributed by atoms with Gasteiger partial charge in [0.25, 0.3) is 10.1 Å². The number of rotatable bonds is 13. The lowest BCUT2D eigenvalue weighted by atomic mass is 10.2. The summed E-state index contributed by atoms with van der Waals surface area (Å²) in [6.07, 6.45) is 9.96. The first kappa shape index (κ1) is 147. The molecule has 5 fully saturated rings. The summed E-state index contributed by atoms with van der Waals surface area (Å²) >= 11 is 0. The van der Waals surface area contributed by atoms with Crippen molar-refractivity contribution in [2.24, 2.45) is 15.0 Å². The molecule has 2 amide bonds. The summed E-state index contributed by atoms with van der Waals surface area (Å²) in [7, 11) is -13.9. The van der Waals surface area contributed by atoms with Crippen LogP contribution < -0.4 is 0 Å². The Bertz CT molecular complexity index is 4660. The minimum Gasteiger partial charge on any atom is -0.744 e. The summed E-state index contributed by atoms with van der Waals surface area (Å²) in [5.74, 6) is 2.72. The maximum absolute atomic E-state index is 11.1. The molecule has 14 rings (SSSR count). The predicted molar refractivity (Wildman–Crippen MR) is 576 cm³/mol. The van der Waals surface area contributed by atoms with Crippen molar-refractivity contribution >= 4 is 90.2 Å². The Kier molecular flexibility index (Phi) is 82.9. The number of aryl methyl sites for hydroxylation is 6. The number of carbonyl (C=O) groups is 2. The molecule has 38 nitrogen and oxygen atoms in total. The third-order valence-corrected chi connectivity index (χ3v) is 25.1. The Hall–Kier alpha value is -8.66. The van der Waals surface area contributed by atoms with Crippen LogP contribution in [0.5, 0.6) is 0 Å². The highest BCUT2D eigenvalue weighted by Gasteiger charge is 2.23. The molecule has 0 saturated carbocycles. The van der Waals surface area contributed by atoms with Gasteiger partial charge in [0.2, 0.25) is 11.8 Å². The molecule has 0 aliphatic carbocycles. The third-order valence-electron chi connectivity index (χ3n) is 19.6. The van der Waals surface area contributed by atoms with Gasteiger partial charge in [-0.05, 0) is 170 Å². The molecule has 0 aromatic heterocycles. The minimum absolute atomic E-state index is 0.118. The summed E-state index contributed by atoms with van der Waals surface area (Å²) in [4.78, 5) is 47.4. The molecule has 8 heterocycles. The average molecular weight is 2190 g/mol. The van der Waals surface area contributed by atoms with Crippen molar-refractivity contribution in [3.05, 3.63) is 198 Å². The molecule has 0 bridgehead atoms. The SMILES string of the molecule is CC(=O)N(C)CCN1CCOC1C.CC(=O)N(C)CCN1CCOC1C.CC1=NCCO1.CC1=NCCO1.CC1=NCCO1.CC1OCCN1C.CC1OCCN1C.CC1OCCN1C.CCC.CCC.COS(=O)(=O)c1ccc(C)cc1.C[CH+]C.C[CH+]C.C[CH+]C.Cc1ccc(S(=O)(=O)[O-])cc1.Cc1ccc(S(=O)(=O)[O-])cc1.Cc1ccc(S(=O)(=O)[O-])cc1.Cc1ccc(S(=O)(=O)[O-])cc1.Cc1ccc(S(=O)(=O)[O-])cc1. The summed E-state index contributed by atoms with van der Waals surface area (Å²) < 4.78 is 223. The van der Waals surface area contributed by atoms with E-state index in [9.17, 15) is 82.9 Å². The molecule has 0 spiro atoms. The topological polar surface area (TPSA) is 497 Å². The fourth-order valence-electron chi connectivity index (χ4n) is 10.4. The van der Waals surface area contributed by atoms with E-state index in [0.717, 1.165) is 190 Å². The van der Waals surface area contributed by atoms with E-state index < -0.39 is 60.7 Å². The van der Waals surface area contributed by atoms with E-state index in [1.165, 1.54) is 85.6 Å². The smallest absolute Gasteiger partial charge is 0.296 e. The Labute approximate surface area is 884 Å². The fourth-order valence-corrected chi connectivity index (χ4v) is 13.4. The highest BCUT2D eigenvalue weighted by molar-refractivity contribution is 7.87. The lowest BCUT2D eigenvalue weighted by Crippen LogP contribution is -2.37. The van der Waals surface area contributed by atoms with Gasteiger partial charge in [0, 0.05) is 108 Å². The first-order valence-corrected chi connectivity index (χ1v) is 56.6. The Morgan fingerprint density at radius 1 is 0.333 bits per heavy atom. The molecule has 8 aliphatic heterocycles. The molecule has 5 atom stereocenters. The van der Waals surface area contributed by atoms with Crippen LogP contribution in [-0.2, 0) is 112 Å². The number of ether oxygens (including phenoxy) is 8. The molecule has 0 N–H and O–H groups in total. The average Bonchev–Trinajstić information content (AvgIpc) is 1.60. The minimum atomic E-state index is -4.27. The van der Waals surface area contributed by atoms with Gasteiger partial charge >= 0.3 is 0 Å². The van der Waals surface area contributed by atoms with E-state index in [2.05, 4.69) is 113 Å². The number of aliphatic imine (C=N–C) groups is 3. The van der Waals surface area contributed by atoms with Gasteiger partial charge in [0.1, 0.15) is 102 Å². The largest absolute Gasteiger partial charge is 0.744 e. The van der Waals surface area contributed by atoms with Gasteiger partial charge < -0.3 is 70.5 Å². The number of hydrogen-bond acceptors (Lipinski definition) is 36. The van der Waals surface area contributed by atoms with Crippen LogP contribution in [-0.4, -0.2) is 342 Å². The van der Waals surface area contributed by atoms with Gasteiger partial charge in [0.05, 0.1) is 150 Å². The lowest BCUT2D eigenvalue weighted by Gasteiger charge is -2.22.